The van der Waals surface area contributed by atoms with E-state index in [4.69, 9.17) is 5.11 Å². The van der Waals surface area contributed by atoms with E-state index in [1.54, 1.807) is 19.0 Å². The van der Waals surface area contributed by atoms with E-state index in [0.29, 0.717) is 0 Å². The van der Waals surface area contributed by atoms with Crippen molar-refractivity contribution in [2.24, 2.45) is 0 Å². The topological polar surface area (TPSA) is 32.7 Å². The molecule has 0 amide bonds. The fourth-order valence-corrected chi connectivity index (χ4v) is 1.46. The highest BCUT2D eigenvalue weighted by Crippen LogP contribution is 2.25. The van der Waals surface area contributed by atoms with Crippen LogP contribution in [0.1, 0.15) is 11.6 Å². The van der Waals surface area contributed by atoms with Crippen molar-refractivity contribution in [3.8, 4) is 5.75 Å². The van der Waals surface area contributed by atoms with Gasteiger partial charge in [0.1, 0.15) is 5.75 Å². The fourth-order valence-electron chi connectivity index (χ4n) is 1.46. The van der Waals surface area contributed by atoms with Crippen LogP contribution in [0.3, 0.4) is 0 Å². The first-order valence-corrected chi connectivity index (χ1v) is 4.96. The van der Waals surface area contributed by atoms with Crippen molar-refractivity contribution >= 4 is 0 Å². The van der Waals surface area contributed by atoms with Crippen molar-refractivity contribution in [3.63, 3.8) is 0 Å². The first-order valence-electron chi connectivity index (χ1n) is 4.96. The molecule has 0 heterocycles. The second-order valence-corrected chi connectivity index (χ2v) is 3.78. The van der Waals surface area contributed by atoms with Crippen LogP contribution in [0.5, 0.6) is 5.75 Å². The number of hydrogen-bond donors (Lipinski definition) is 1. The summed E-state index contributed by atoms with van der Waals surface area (Å²) in [6, 6.07) is 5.23. The maximum atomic E-state index is 11.9. The van der Waals surface area contributed by atoms with Gasteiger partial charge in [-0.3, -0.25) is 0 Å². The highest BCUT2D eigenvalue weighted by atomic mass is 19.4. The number of halogens is 3. The van der Waals surface area contributed by atoms with Gasteiger partial charge >= 0.3 is 6.36 Å². The van der Waals surface area contributed by atoms with E-state index in [1.165, 1.54) is 24.3 Å². The average molecular weight is 249 g/mol. The van der Waals surface area contributed by atoms with E-state index in [9.17, 15) is 13.2 Å². The average Bonchev–Trinajstić information content (AvgIpc) is 2.18. The summed E-state index contributed by atoms with van der Waals surface area (Å²) in [5.41, 5.74) is 0.729. The predicted octanol–water partition coefficient (Wildman–Crippen LogP) is 2.18. The Morgan fingerprint density at radius 1 is 1.24 bits per heavy atom. The number of ether oxygens (including phenoxy) is 1. The molecule has 0 spiro atoms. The minimum atomic E-state index is -4.68. The number of rotatable bonds is 4. The summed E-state index contributed by atoms with van der Waals surface area (Å²) >= 11 is 0. The van der Waals surface area contributed by atoms with Crippen LogP contribution in [0, 0.1) is 0 Å². The van der Waals surface area contributed by atoms with E-state index in [-0.39, 0.29) is 18.4 Å². The Kier molecular flexibility index (Phi) is 4.36. The normalized spacial score (nSPS) is 13.8. The molecule has 17 heavy (non-hydrogen) atoms. The Morgan fingerprint density at radius 2 is 1.76 bits per heavy atom. The summed E-state index contributed by atoms with van der Waals surface area (Å²) in [6.45, 7) is -0.105. The molecule has 0 aliphatic heterocycles. The van der Waals surface area contributed by atoms with Crippen LogP contribution in [-0.2, 0) is 0 Å². The van der Waals surface area contributed by atoms with Crippen LogP contribution in [0.15, 0.2) is 24.3 Å². The second-order valence-electron chi connectivity index (χ2n) is 3.78. The van der Waals surface area contributed by atoms with Crippen LogP contribution in [0.25, 0.3) is 0 Å². The Bertz CT molecular complexity index is 349. The SMILES string of the molecule is CN(C)[C@@H](CO)c1ccc(OC(F)(F)F)cc1. The largest absolute Gasteiger partial charge is 0.573 e. The van der Waals surface area contributed by atoms with Gasteiger partial charge < -0.3 is 14.7 Å². The molecule has 0 aromatic heterocycles. The van der Waals surface area contributed by atoms with Gasteiger partial charge in [0.15, 0.2) is 0 Å². The van der Waals surface area contributed by atoms with Crippen LogP contribution in [-0.4, -0.2) is 37.1 Å². The quantitative estimate of drug-likeness (QED) is 0.887. The third-order valence-corrected chi connectivity index (χ3v) is 2.29. The Morgan fingerprint density at radius 3 is 2.12 bits per heavy atom. The lowest BCUT2D eigenvalue weighted by atomic mass is 10.1. The molecule has 1 N–H and O–H groups in total. The van der Waals surface area contributed by atoms with Gasteiger partial charge in [-0.15, -0.1) is 13.2 Å². The lowest BCUT2D eigenvalue weighted by molar-refractivity contribution is -0.274. The summed E-state index contributed by atoms with van der Waals surface area (Å²) in [5.74, 6) is -0.267. The monoisotopic (exact) mass is 249 g/mol. The second kappa shape index (κ2) is 5.37. The van der Waals surface area contributed by atoms with Crippen molar-refractivity contribution in [1.29, 1.82) is 0 Å². The molecule has 6 heteroatoms. The molecule has 0 bridgehead atoms. The highest BCUT2D eigenvalue weighted by molar-refractivity contribution is 5.29. The first kappa shape index (κ1) is 13.8. The highest BCUT2D eigenvalue weighted by Gasteiger charge is 2.31. The van der Waals surface area contributed by atoms with Gasteiger partial charge in [0, 0.05) is 0 Å². The summed E-state index contributed by atoms with van der Waals surface area (Å²) in [7, 11) is 3.56. The number of benzene rings is 1. The summed E-state index contributed by atoms with van der Waals surface area (Å²) in [6.07, 6.45) is -4.68. The van der Waals surface area contributed by atoms with Gasteiger partial charge in [-0.05, 0) is 31.8 Å². The van der Waals surface area contributed by atoms with Gasteiger partial charge in [0.25, 0.3) is 0 Å². The van der Waals surface area contributed by atoms with E-state index in [2.05, 4.69) is 4.74 Å². The number of alkyl halides is 3. The number of aliphatic hydroxyl groups excluding tert-OH is 1. The number of aliphatic hydroxyl groups is 1. The van der Waals surface area contributed by atoms with Crippen molar-refractivity contribution < 1.29 is 23.0 Å². The molecule has 96 valence electrons. The van der Waals surface area contributed by atoms with Crippen molar-refractivity contribution in [2.75, 3.05) is 20.7 Å². The Hall–Kier alpha value is -1.27. The molecular formula is C11H14F3NO2. The zero-order valence-electron chi connectivity index (χ0n) is 9.53. The predicted molar refractivity (Wildman–Crippen MR) is 56.6 cm³/mol. The van der Waals surface area contributed by atoms with Crippen molar-refractivity contribution in [3.05, 3.63) is 29.8 Å². The molecule has 1 aromatic rings. The number of hydrogen-bond acceptors (Lipinski definition) is 3. The fraction of sp³-hybridized carbons (Fsp3) is 0.455. The van der Waals surface area contributed by atoms with Crippen molar-refractivity contribution in [1.82, 2.24) is 4.90 Å². The van der Waals surface area contributed by atoms with Crippen molar-refractivity contribution in [2.45, 2.75) is 12.4 Å². The van der Waals surface area contributed by atoms with Gasteiger partial charge in [-0.2, -0.15) is 0 Å². The summed E-state index contributed by atoms with van der Waals surface area (Å²) in [4.78, 5) is 1.78. The third kappa shape index (κ3) is 4.24. The zero-order chi connectivity index (χ0) is 13.1. The standard InChI is InChI=1S/C11H14F3NO2/c1-15(2)10(7-16)8-3-5-9(6-4-8)17-11(12,13)14/h3-6,10,16H,7H2,1-2H3/t10-/m0/s1. The molecule has 0 unspecified atom stereocenters. The molecule has 0 fully saturated rings. The first-order chi connectivity index (χ1) is 7.83. The molecule has 1 atom stereocenters. The van der Waals surface area contributed by atoms with Gasteiger partial charge in [-0.25, -0.2) is 0 Å². The molecule has 0 saturated carbocycles. The molecule has 0 aliphatic carbocycles. The van der Waals surface area contributed by atoms with Crippen LogP contribution in [0.2, 0.25) is 0 Å². The molecule has 0 saturated heterocycles. The molecule has 1 aromatic carbocycles. The maximum Gasteiger partial charge on any atom is 0.573 e. The molecule has 0 radical (unpaired) electrons. The molecular weight excluding hydrogens is 235 g/mol. The number of likely N-dealkylation sites (N-methyl/N-ethyl adjacent to an activating group) is 1. The molecule has 1 rings (SSSR count). The van der Waals surface area contributed by atoms with Gasteiger partial charge in [0.2, 0.25) is 0 Å². The van der Waals surface area contributed by atoms with E-state index in [1.807, 2.05) is 0 Å². The summed E-state index contributed by atoms with van der Waals surface area (Å²) < 4.78 is 39.5. The lowest BCUT2D eigenvalue weighted by Gasteiger charge is -2.22. The van der Waals surface area contributed by atoms with Gasteiger partial charge in [0.05, 0.1) is 12.6 Å². The smallest absolute Gasteiger partial charge is 0.406 e. The van der Waals surface area contributed by atoms with Crippen LogP contribution in [0.4, 0.5) is 13.2 Å². The minimum absolute atomic E-state index is 0.105. The number of nitrogens with zero attached hydrogens (tertiary/aromatic N) is 1. The van der Waals surface area contributed by atoms with E-state index < -0.39 is 6.36 Å². The van der Waals surface area contributed by atoms with E-state index >= 15 is 0 Å². The lowest BCUT2D eigenvalue weighted by Crippen LogP contribution is -2.23. The van der Waals surface area contributed by atoms with E-state index in [0.717, 1.165) is 5.56 Å². The molecule has 3 nitrogen and oxygen atoms in total. The zero-order valence-corrected chi connectivity index (χ0v) is 9.53. The summed E-state index contributed by atoms with van der Waals surface area (Å²) in [5, 5.41) is 9.15. The van der Waals surface area contributed by atoms with Gasteiger partial charge in [-0.1, -0.05) is 12.1 Å². The minimum Gasteiger partial charge on any atom is -0.406 e. The maximum absolute atomic E-state index is 11.9. The third-order valence-electron chi connectivity index (χ3n) is 2.29. The Labute approximate surface area is 97.4 Å². The molecule has 0 aliphatic rings. The van der Waals surface area contributed by atoms with Crippen LogP contribution >= 0.6 is 0 Å². The van der Waals surface area contributed by atoms with Crippen LogP contribution < -0.4 is 4.74 Å². The Balaban J connectivity index is 2.80.